The zero-order valence-electron chi connectivity index (χ0n) is 15.5. The first-order valence-corrected chi connectivity index (χ1v) is 8.62. The normalized spacial score (nSPS) is 11.7. The second kappa shape index (κ2) is 8.38. The van der Waals surface area contributed by atoms with Crippen molar-refractivity contribution in [1.82, 2.24) is 9.97 Å². The number of nitrogens with zero attached hydrogens (tertiary/aromatic N) is 3. The lowest BCUT2D eigenvalue weighted by molar-refractivity contribution is -0.137. The molecule has 0 aliphatic rings. The Balaban J connectivity index is 2.43. The molecule has 142 valence electrons. The van der Waals surface area contributed by atoms with Crippen LogP contribution in [0.4, 0.5) is 24.7 Å². The Hall–Kier alpha value is -2.31. The van der Waals surface area contributed by atoms with E-state index in [9.17, 15) is 13.2 Å². The molecule has 0 atom stereocenters. The van der Waals surface area contributed by atoms with Gasteiger partial charge in [0, 0.05) is 18.9 Å². The van der Waals surface area contributed by atoms with Gasteiger partial charge in [-0.05, 0) is 30.0 Å². The Bertz CT molecular complexity index is 732. The van der Waals surface area contributed by atoms with Crippen LogP contribution in [0.25, 0.3) is 0 Å². The number of hydrogen-bond donors (Lipinski definition) is 0. The molecular weight excluding hydrogens is 343 g/mol. The second-order valence-electron chi connectivity index (χ2n) is 6.57. The van der Waals surface area contributed by atoms with E-state index < -0.39 is 11.7 Å². The maximum absolute atomic E-state index is 13.4. The van der Waals surface area contributed by atoms with Gasteiger partial charge in [0.25, 0.3) is 0 Å². The van der Waals surface area contributed by atoms with Crippen LogP contribution in [0.1, 0.15) is 38.3 Å². The smallest absolute Gasteiger partial charge is 0.421 e. The van der Waals surface area contributed by atoms with Crippen LogP contribution in [-0.2, 0) is 12.6 Å². The molecule has 0 unspecified atom stereocenters. The lowest BCUT2D eigenvalue weighted by Crippen LogP contribution is -2.20. The van der Waals surface area contributed by atoms with Gasteiger partial charge in [-0.15, -0.1) is 0 Å². The largest absolute Gasteiger partial charge is 0.463 e. The van der Waals surface area contributed by atoms with Crippen molar-refractivity contribution in [2.24, 2.45) is 5.92 Å². The van der Waals surface area contributed by atoms with Crippen LogP contribution in [0.5, 0.6) is 6.01 Å². The first-order valence-electron chi connectivity index (χ1n) is 8.62. The average molecular weight is 367 g/mol. The van der Waals surface area contributed by atoms with Crippen LogP contribution in [0.15, 0.2) is 30.5 Å². The summed E-state index contributed by atoms with van der Waals surface area (Å²) < 4.78 is 45.7. The third kappa shape index (κ3) is 5.09. The van der Waals surface area contributed by atoms with Gasteiger partial charge in [-0.2, -0.15) is 18.2 Å². The van der Waals surface area contributed by atoms with Gasteiger partial charge in [0.05, 0.1) is 6.61 Å². The highest BCUT2D eigenvalue weighted by Gasteiger charge is 2.36. The first kappa shape index (κ1) is 20.0. The molecule has 1 aromatic heterocycles. The van der Waals surface area contributed by atoms with Crippen LogP contribution in [0, 0.1) is 5.92 Å². The summed E-state index contributed by atoms with van der Waals surface area (Å²) in [4.78, 5) is 9.18. The highest BCUT2D eigenvalue weighted by molar-refractivity contribution is 5.63. The van der Waals surface area contributed by atoms with Crippen molar-refractivity contribution < 1.29 is 17.9 Å². The number of rotatable bonds is 7. The quantitative estimate of drug-likeness (QED) is 0.670. The van der Waals surface area contributed by atoms with E-state index in [0.717, 1.165) is 24.6 Å². The maximum Gasteiger partial charge on any atom is 0.421 e. The standard InChI is InChI=1S/C19H24F3N3O/c1-5-7-14-8-6-9-15(10-14)25(4)17-16(19(20,21)22)11-23-18(24-17)26-12-13(2)3/h6,8-11,13H,5,7,12H2,1-4H3. The van der Waals surface area contributed by atoms with E-state index in [1.807, 2.05) is 32.0 Å². The van der Waals surface area contributed by atoms with E-state index in [2.05, 4.69) is 16.9 Å². The molecule has 0 N–H and O–H groups in total. The summed E-state index contributed by atoms with van der Waals surface area (Å²) in [7, 11) is 1.56. The van der Waals surface area contributed by atoms with Crippen molar-refractivity contribution in [1.29, 1.82) is 0 Å². The van der Waals surface area contributed by atoms with E-state index in [4.69, 9.17) is 4.74 Å². The van der Waals surface area contributed by atoms with Gasteiger partial charge in [0.1, 0.15) is 5.56 Å². The van der Waals surface area contributed by atoms with E-state index in [-0.39, 0.29) is 17.7 Å². The summed E-state index contributed by atoms with van der Waals surface area (Å²) in [6, 6.07) is 7.37. The summed E-state index contributed by atoms with van der Waals surface area (Å²) >= 11 is 0. The van der Waals surface area contributed by atoms with Gasteiger partial charge in [0.2, 0.25) is 0 Å². The fourth-order valence-electron chi connectivity index (χ4n) is 2.46. The molecule has 0 fully saturated rings. The predicted molar refractivity (Wildman–Crippen MR) is 95.9 cm³/mol. The lowest BCUT2D eigenvalue weighted by Gasteiger charge is -2.23. The van der Waals surface area contributed by atoms with Crippen molar-refractivity contribution in [3.63, 3.8) is 0 Å². The molecule has 26 heavy (non-hydrogen) atoms. The molecule has 4 nitrogen and oxygen atoms in total. The number of benzene rings is 1. The summed E-state index contributed by atoms with van der Waals surface area (Å²) in [5.74, 6) is -0.00676. The lowest BCUT2D eigenvalue weighted by atomic mass is 10.1. The molecule has 1 heterocycles. The number of alkyl halides is 3. The number of halogens is 3. The van der Waals surface area contributed by atoms with Crippen molar-refractivity contribution in [3.05, 3.63) is 41.6 Å². The third-order valence-corrected chi connectivity index (χ3v) is 3.75. The molecule has 0 saturated heterocycles. The minimum atomic E-state index is -4.55. The average Bonchev–Trinajstić information content (AvgIpc) is 2.58. The fraction of sp³-hybridized carbons (Fsp3) is 0.474. The molecule has 0 spiro atoms. The van der Waals surface area contributed by atoms with E-state index in [1.54, 1.807) is 13.1 Å². The van der Waals surface area contributed by atoms with Crippen LogP contribution in [0.2, 0.25) is 0 Å². The van der Waals surface area contributed by atoms with Gasteiger partial charge in [-0.3, -0.25) is 0 Å². The molecule has 2 rings (SSSR count). The van der Waals surface area contributed by atoms with Crippen LogP contribution >= 0.6 is 0 Å². The molecule has 0 amide bonds. The molecule has 2 aromatic rings. The predicted octanol–water partition coefficient (Wildman–Crippen LogP) is 5.25. The fourth-order valence-corrected chi connectivity index (χ4v) is 2.46. The number of hydrogen-bond acceptors (Lipinski definition) is 4. The number of aromatic nitrogens is 2. The minimum Gasteiger partial charge on any atom is -0.463 e. The Kier molecular flexibility index (Phi) is 6.45. The topological polar surface area (TPSA) is 38.2 Å². The first-order chi connectivity index (χ1) is 12.2. The van der Waals surface area contributed by atoms with Crippen molar-refractivity contribution in [3.8, 4) is 6.01 Å². The summed E-state index contributed by atoms with van der Waals surface area (Å²) in [6.45, 7) is 6.27. The van der Waals surface area contributed by atoms with Crippen LogP contribution in [-0.4, -0.2) is 23.6 Å². The third-order valence-electron chi connectivity index (χ3n) is 3.75. The van der Waals surface area contributed by atoms with Crippen molar-refractivity contribution in [2.75, 3.05) is 18.6 Å². The van der Waals surface area contributed by atoms with Crippen LogP contribution in [0.3, 0.4) is 0 Å². The molecular formula is C19H24F3N3O. The summed E-state index contributed by atoms with van der Waals surface area (Å²) in [6.07, 6.45) is -1.95. The molecule has 7 heteroatoms. The molecule has 0 radical (unpaired) electrons. The summed E-state index contributed by atoms with van der Waals surface area (Å²) in [5.41, 5.74) is 0.809. The Morgan fingerprint density at radius 3 is 2.58 bits per heavy atom. The molecule has 0 aliphatic carbocycles. The monoisotopic (exact) mass is 367 g/mol. The zero-order valence-corrected chi connectivity index (χ0v) is 15.5. The maximum atomic E-state index is 13.4. The highest BCUT2D eigenvalue weighted by atomic mass is 19.4. The van der Waals surface area contributed by atoms with Gasteiger partial charge < -0.3 is 9.64 Å². The second-order valence-corrected chi connectivity index (χ2v) is 6.57. The minimum absolute atomic E-state index is 0.0572. The number of ether oxygens (including phenoxy) is 1. The van der Waals surface area contributed by atoms with E-state index in [1.165, 1.54) is 4.90 Å². The van der Waals surface area contributed by atoms with Gasteiger partial charge in [-0.25, -0.2) is 4.98 Å². The zero-order chi connectivity index (χ0) is 19.3. The molecule has 0 saturated carbocycles. The Morgan fingerprint density at radius 2 is 1.96 bits per heavy atom. The molecule has 0 bridgehead atoms. The van der Waals surface area contributed by atoms with Crippen molar-refractivity contribution >= 4 is 11.5 Å². The number of aryl methyl sites for hydroxylation is 1. The Labute approximate surface area is 152 Å². The number of anilines is 2. The summed E-state index contributed by atoms with van der Waals surface area (Å²) in [5, 5.41) is 0. The Morgan fingerprint density at radius 1 is 1.23 bits per heavy atom. The van der Waals surface area contributed by atoms with Gasteiger partial charge >= 0.3 is 12.2 Å². The molecule has 1 aromatic carbocycles. The van der Waals surface area contributed by atoms with E-state index in [0.29, 0.717) is 12.3 Å². The highest BCUT2D eigenvalue weighted by Crippen LogP contribution is 2.37. The van der Waals surface area contributed by atoms with E-state index >= 15 is 0 Å². The van der Waals surface area contributed by atoms with Gasteiger partial charge in [0.15, 0.2) is 5.82 Å². The van der Waals surface area contributed by atoms with Crippen LogP contribution < -0.4 is 9.64 Å². The molecule has 0 aliphatic heterocycles. The van der Waals surface area contributed by atoms with Crippen molar-refractivity contribution in [2.45, 2.75) is 39.8 Å². The SMILES string of the molecule is CCCc1cccc(N(C)c2nc(OCC(C)C)ncc2C(F)(F)F)c1. The van der Waals surface area contributed by atoms with Gasteiger partial charge in [-0.1, -0.05) is 39.3 Å².